The summed E-state index contributed by atoms with van der Waals surface area (Å²) in [4.78, 5) is 33.6. The lowest BCUT2D eigenvalue weighted by Crippen LogP contribution is -2.44. The molecular formula is C21H25N7O2. The van der Waals surface area contributed by atoms with E-state index >= 15 is 0 Å². The van der Waals surface area contributed by atoms with Gasteiger partial charge in [0.2, 0.25) is 0 Å². The molecule has 2 aromatic heterocycles. The Balaban J connectivity index is 1.57. The molecule has 30 heavy (non-hydrogen) atoms. The van der Waals surface area contributed by atoms with Gasteiger partial charge in [-0.1, -0.05) is 12.1 Å². The third-order valence-corrected chi connectivity index (χ3v) is 5.49. The van der Waals surface area contributed by atoms with Gasteiger partial charge in [0.1, 0.15) is 5.82 Å². The molecule has 9 nitrogen and oxygen atoms in total. The number of nitrogens with one attached hydrogen (secondary N) is 2. The number of rotatable bonds is 3. The highest BCUT2D eigenvalue weighted by atomic mass is 16.2. The van der Waals surface area contributed by atoms with E-state index in [9.17, 15) is 9.59 Å². The summed E-state index contributed by atoms with van der Waals surface area (Å²) in [5.74, 6) is -0.951. The van der Waals surface area contributed by atoms with E-state index in [0.29, 0.717) is 29.0 Å². The first-order chi connectivity index (χ1) is 14.5. The van der Waals surface area contributed by atoms with Gasteiger partial charge in [-0.15, -0.1) is 0 Å². The van der Waals surface area contributed by atoms with Crippen LogP contribution in [0.25, 0.3) is 10.9 Å². The minimum absolute atomic E-state index is 0.131. The quantitative estimate of drug-likeness (QED) is 0.573. The van der Waals surface area contributed by atoms with Crippen LogP contribution in [0.4, 0.5) is 17.2 Å². The molecular weight excluding hydrogens is 382 g/mol. The van der Waals surface area contributed by atoms with Crippen LogP contribution in [0.2, 0.25) is 0 Å². The molecule has 1 aliphatic heterocycles. The molecule has 1 unspecified atom stereocenters. The van der Waals surface area contributed by atoms with E-state index in [0.717, 1.165) is 30.5 Å². The number of hydrogen-bond acceptors (Lipinski definition) is 6. The van der Waals surface area contributed by atoms with Crippen molar-refractivity contribution < 1.29 is 9.59 Å². The van der Waals surface area contributed by atoms with Gasteiger partial charge >= 0.3 is 11.8 Å². The van der Waals surface area contributed by atoms with Gasteiger partial charge < -0.3 is 20.9 Å². The number of nitrogen functional groups attached to an aromatic ring is 1. The highest BCUT2D eigenvalue weighted by molar-refractivity contribution is 6.40. The van der Waals surface area contributed by atoms with Crippen LogP contribution in [0.1, 0.15) is 30.9 Å². The average molecular weight is 407 g/mol. The Bertz CT molecular complexity index is 1090. The molecule has 4 rings (SSSR count). The van der Waals surface area contributed by atoms with E-state index < -0.39 is 11.8 Å². The van der Waals surface area contributed by atoms with Gasteiger partial charge in [0.05, 0.1) is 35.0 Å². The van der Waals surface area contributed by atoms with Crippen LogP contribution < -0.4 is 16.0 Å². The molecule has 0 spiro atoms. The van der Waals surface area contributed by atoms with E-state index in [2.05, 4.69) is 26.6 Å². The Hall–Kier alpha value is -3.62. The standard InChI is InChI=1S/C21H25N7O2/c1-27(2)14-7-5-6-13(10-14)17-8-3-4-9-28(17)21(30)20(29)25-16-12-23-19(22)15-11-24-26-18(15)16/h5-7,10-12,17H,3-4,8-9H2,1-2H3,(H2,22,23)(H,24,26)(H,25,29). The van der Waals surface area contributed by atoms with Gasteiger partial charge in [-0.2, -0.15) is 5.10 Å². The SMILES string of the molecule is CN(C)c1cccc(C2CCCCN2C(=O)C(=O)Nc2cnc(N)c3cn[nH]c23)c1. The minimum atomic E-state index is -0.701. The third kappa shape index (κ3) is 3.66. The molecule has 1 saturated heterocycles. The highest BCUT2D eigenvalue weighted by Gasteiger charge is 2.32. The topological polar surface area (TPSA) is 120 Å². The fraction of sp³-hybridized carbons (Fsp3) is 0.333. The molecule has 9 heteroatoms. The van der Waals surface area contributed by atoms with Crippen LogP contribution in [0, 0.1) is 0 Å². The summed E-state index contributed by atoms with van der Waals surface area (Å²) < 4.78 is 0. The predicted molar refractivity (Wildman–Crippen MR) is 116 cm³/mol. The van der Waals surface area contributed by atoms with E-state index in [1.54, 1.807) is 4.90 Å². The number of fused-ring (bicyclic) bond motifs is 1. The molecule has 4 N–H and O–H groups in total. The molecule has 0 saturated carbocycles. The van der Waals surface area contributed by atoms with Crippen molar-refractivity contribution in [2.75, 3.05) is 36.6 Å². The number of anilines is 3. The average Bonchev–Trinajstić information content (AvgIpc) is 3.26. The van der Waals surface area contributed by atoms with Crippen LogP contribution in [-0.4, -0.2) is 52.5 Å². The van der Waals surface area contributed by atoms with Gasteiger partial charge in [-0.05, 0) is 37.0 Å². The van der Waals surface area contributed by atoms with Crippen molar-refractivity contribution in [2.24, 2.45) is 0 Å². The number of nitrogens with zero attached hydrogens (tertiary/aromatic N) is 4. The van der Waals surface area contributed by atoms with E-state index in [1.165, 1.54) is 12.4 Å². The number of pyridine rings is 1. The summed E-state index contributed by atoms with van der Waals surface area (Å²) >= 11 is 0. The number of nitrogens with two attached hydrogens (primary N) is 1. The van der Waals surface area contributed by atoms with Gasteiger partial charge in [0.15, 0.2) is 0 Å². The Kier molecular flexibility index (Phi) is 5.26. The maximum absolute atomic E-state index is 13.1. The smallest absolute Gasteiger partial charge is 0.314 e. The summed E-state index contributed by atoms with van der Waals surface area (Å²) in [6.07, 6.45) is 5.67. The lowest BCUT2D eigenvalue weighted by atomic mass is 9.94. The number of likely N-dealkylation sites (tertiary alicyclic amines) is 1. The van der Waals surface area contributed by atoms with Crippen molar-refractivity contribution >= 4 is 39.9 Å². The van der Waals surface area contributed by atoms with Gasteiger partial charge in [-0.3, -0.25) is 14.7 Å². The zero-order valence-corrected chi connectivity index (χ0v) is 17.1. The normalized spacial score (nSPS) is 16.5. The maximum atomic E-state index is 13.1. The first-order valence-corrected chi connectivity index (χ1v) is 9.92. The zero-order chi connectivity index (χ0) is 21.3. The molecule has 0 radical (unpaired) electrons. The third-order valence-electron chi connectivity index (χ3n) is 5.49. The number of aromatic nitrogens is 3. The second kappa shape index (κ2) is 8.02. The maximum Gasteiger partial charge on any atom is 0.314 e. The minimum Gasteiger partial charge on any atom is -0.383 e. The molecule has 156 valence electrons. The number of carbonyl (C=O) groups is 2. The summed E-state index contributed by atoms with van der Waals surface area (Å²) in [7, 11) is 3.96. The van der Waals surface area contributed by atoms with Crippen molar-refractivity contribution in [3.05, 3.63) is 42.2 Å². The number of carbonyl (C=O) groups excluding carboxylic acids is 2. The lowest BCUT2D eigenvalue weighted by Gasteiger charge is -2.36. The van der Waals surface area contributed by atoms with Gasteiger partial charge in [0.25, 0.3) is 0 Å². The molecule has 0 aliphatic carbocycles. The van der Waals surface area contributed by atoms with Crippen molar-refractivity contribution in [3.63, 3.8) is 0 Å². The van der Waals surface area contributed by atoms with Crippen LogP contribution in [0.3, 0.4) is 0 Å². The molecule has 1 atom stereocenters. The summed E-state index contributed by atoms with van der Waals surface area (Å²) in [6.45, 7) is 0.544. The number of aromatic amines is 1. The summed E-state index contributed by atoms with van der Waals surface area (Å²) in [5.41, 5.74) is 8.84. The number of piperidine rings is 1. The van der Waals surface area contributed by atoms with E-state index in [4.69, 9.17) is 5.73 Å². The highest BCUT2D eigenvalue weighted by Crippen LogP contribution is 2.33. The lowest BCUT2D eigenvalue weighted by molar-refractivity contribution is -0.145. The Morgan fingerprint density at radius 1 is 1.27 bits per heavy atom. The van der Waals surface area contributed by atoms with Gasteiger partial charge in [0, 0.05) is 26.3 Å². The monoisotopic (exact) mass is 407 g/mol. The molecule has 1 aliphatic rings. The van der Waals surface area contributed by atoms with Gasteiger partial charge in [-0.25, -0.2) is 4.98 Å². The number of benzene rings is 1. The van der Waals surface area contributed by atoms with Crippen LogP contribution in [0.15, 0.2) is 36.7 Å². The molecule has 2 amide bonds. The number of amides is 2. The molecule has 1 fully saturated rings. The summed E-state index contributed by atoms with van der Waals surface area (Å²) in [5, 5.41) is 10.00. The summed E-state index contributed by atoms with van der Waals surface area (Å²) in [6, 6.07) is 7.96. The van der Waals surface area contributed by atoms with Crippen molar-refractivity contribution in [1.29, 1.82) is 0 Å². The Morgan fingerprint density at radius 3 is 2.90 bits per heavy atom. The number of hydrogen-bond donors (Lipinski definition) is 3. The second-order valence-corrected chi connectivity index (χ2v) is 7.67. The second-order valence-electron chi connectivity index (χ2n) is 7.67. The van der Waals surface area contributed by atoms with E-state index in [-0.39, 0.29) is 6.04 Å². The van der Waals surface area contributed by atoms with Crippen LogP contribution >= 0.6 is 0 Å². The molecule has 1 aromatic carbocycles. The van der Waals surface area contributed by atoms with Crippen LogP contribution in [0.5, 0.6) is 0 Å². The van der Waals surface area contributed by atoms with E-state index in [1.807, 2.05) is 37.2 Å². The largest absolute Gasteiger partial charge is 0.383 e. The molecule has 3 heterocycles. The van der Waals surface area contributed by atoms with Crippen molar-refractivity contribution in [1.82, 2.24) is 20.1 Å². The van der Waals surface area contributed by atoms with Crippen LogP contribution in [-0.2, 0) is 9.59 Å². The first kappa shape index (κ1) is 19.7. The zero-order valence-electron chi connectivity index (χ0n) is 17.1. The Labute approximate surface area is 174 Å². The first-order valence-electron chi connectivity index (χ1n) is 9.92. The Morgan fingerprint density at radius 2 is 2.10 bits per heavy atom. The predicted octanol–water partition coefficient (Wildman–Crippen LogP) is 2.30. The fourth-order valence-electron chi connectivity index (χ4n) is 3.89. The molecule has 3 aromatic rings. The number of H-pyrrole nitrogens is 1. The van der Waals surface area contributed by atoms with Crippen molar-refractivity contribution in [2.45, 2.75) is 25.3 Å². The van der Waals surface area contributed by atoms with Crippen molar-refractivity contribution in [3.8, 4) is 0 Å². The fourth-order valence-corrected chi connectivity index (χ4v) is 3.89. The molecule has 0 bridgehead atoms.